The lowest BCUT2D eigenvalue weighted by Crippen LogP contribution is -2.30. The minimum absolute atomic E-state index is 0.601. The van der Waals surface area contributed by atoms with E-state index in [2.05, 4.69) is 19.9 Å². The SMILES string of the molecule is CCCCC[C@H]1CC[C@H](c2ccc(B(O)O)cc2C)CC1. The molecule has 0 saturated heterocycles. The van der Waals surface area contributed by atoms with Crippen LogP contribution in [0.1, 0.15) is 75.3 Å². The zero-order valence-electron chi connectivity index (χ0n) is 13.5. The zero-order chi connectivity index (χ0) is 15.2. The predicted molar refractivity (Wildman–Crippen MR) is 89.8 cm³/mol. The van der Waals surface area contributed by atoms with Gasteiger partial charge in [0.1, 0.15) is 0 Å². The van der Waals surface area contributed by atoms with Crippen LogP contribution in [0.15, 0.2) is 18.2 Å². The van der Waals surface area contributed by atoms with E-state index in [0.29, 0.717) is 11.4 Å². The molecule has 0 amide bonds. The van der Waals surface area contributed by atoms with Crippen LogP contribution >= 0.6 is 0 Å². The number of hydrogen-bond donors (Lipinski definition) is 2. The molecule has 116 valence electrons. The third kappa shape index (κ3) is 4.59. The molecule has 1 saturated carbocycles. The fourth-order valence-corrected chi connectivity index (χ4v) is 3.76. The highest BCUT2D eigenvalue weighted by Gasteiger charge is 2.23. The molecular weight excluding hydrogens is 259 g/mol. The van der Waals surface area contributed by atoms with Gasteiger partial charge in [-0.2, -0.15) is 0 Å². The van der Waals surface area contributed by atoms with Crippen LogP contribution < -0.4 is 5.46 Å². The van der Waals surface area contributed by atoms with Crippen molar-refractivity contribution in [2.75, 3.05) is 0 Å². The Morgan fingerprint density at radius 1 is 1.10 bits per heavy atom. The Morgan fingerprint density at radius 2 is 1.81 bits per heavy atom. The minimum atomic E-state index is -1.35. The van der Waals surface area contributed by atoms with E-state index >= 15 is 0 Å². The highest BCUT2D eigenvalue weighted by atomic mass is 16.4. The smallest absolute Gasteiger partial charge is 0.423 e. The first kappa shape index (κ1) is 16.6. The molecule has 0 unspecified atom stereocenters. The van der Waals surface area contributed by atoms with Gasteiger partial charge in [0.15, 0.2) is 0 Å². The molecule has 1 fully saturated rings. The Morgan fingerprint density at radius 3 is 2.38 bits per heavy atom. The normalized spacial score (nSPS) is 22.3. The van der Waals surface area contributed by atoms with Gasteiger partial charge in [0.05, 0.1) is 0 Å². The van der Waals surface area contributed by atoms with Crippen molar-refractivity contribution in [3.05, 3.63) is 29.3 Å². The van der Waals surface area contributed by atoms with Crippen molar-refractivity contribution in [1.82, 2.24) is 0 Å². The summed E-state index contributed by atoms with van der Waals surface area (Å²) in [5, 5.41) is 18.5. The molecule has 2 rings (SSSR count). The average molecular weight is 288 g/mol. The summed E-state index contributed by atoms with van der Waals surface area (Å²) in [5.74, 6) is 1.60. The lowest BCUT2D eigenvalue weighted by Gasteiger charge is -2.30. The van der Waals surface area contributed by atoms with Gasteiger partial charge < -0.3 is 10.0 Å². The first-order valence-corrected chi connectivity index (χ1v) is 8.58. The van der Waals surface area contributed by atoms with E-state index in [9.17, 15) is 10.0 Å². The van der Waals surface area contributed by atoms with E-state index < -0.39 is 7.12 Å². The van der Waals surface area contributed by atoms with Crippen molar-refractivity contribution >= 4 is 12.6 Å². The van der Waals surface area contributed by atoms with Gasteiger partial charge in [-0.1, -0.05) is 50.8 Å². The molecular formula is C18H29BO2. The molecule has 1 aromatic rings. The maximum atomic E-state index is 9.24. The van der Waals surface area contributed by atoms with Crippen LogP contribution in [0.4, 0.5) is 0 Å². The molecule has 2 N–H and O–H groups in total. The topological polar surface area (TPSA) is 40.5 Å². The summed E-state index contributed by atoms with van der Waals surface area (Å²) in [6.45, 7) is 4.36. The molecule has 3 heteroatoms. The summed E-state index contributed by atoms with van der Waals surface area (Å²) in [7, 11) is -1.35. The van der Waals surface area contributed by atoms with E-state index in [0.717, 1.165) is 5.92 Å². The summed E-state index contributed by atoms with van der Waals surface area (Å²) < 4.78 is 0. The van der Waals surface area contributed by atoms with Gasteiger partial charge in [-0.3, -0.25) is 0 Å². The first-order chi connectivity index (χ1) is 10.1. The van der Waals surface area contributed by atoms with Crippen LogP contribution in [0.25, 0.3) is 0 Å². The lowest BCUT2D eigenvalue weighted by atomic mass is 9.73. The minimum Gasteiger partial charge on any atom is -0.423 e. The van der Waals surface area contributed by atoms with Gasteiger partial charge in [-0.15, -0.1) is 0 Å². The number of rotatable bonds is 6. The Hall–Kier alpha value is -0.795. The molecule has 0 radical (unpaired) electrons. The van der Waals surface area contributed by atoms with E-state index in [-0.39, 0.29) is 0 Å². The fraction of sp³-hybridized carbons (Fsp3) is 0.667. The van der Waals surface area contributed by atoms with E-state index in [4.69, 9.17) is 0 Å². The maximum absolute atomic E-state index is 9.24. The largest absolute Gasteiger partial charge is 0.488 e. The summed E-state index contributed by atoms with van der Waals surface area (Å²) >= 11 is 0. The van der Waals surface area contributed by atoms with Gasteiger partial charge in [-0.25, -0.2) is 0 Å². The number of aryl methyl sites for hydroxylation is 1. The molecule has 1 aliphatic rings. The molecule has 0 aromatic heterocycles. The van der Waals surface area contributed by atoms with Crippen molar-refractivity contribution in [3.8, 4) is 0 Å². The molecule has 0 atom stereocenters. The highest BCUT2D eigenvalue weighted by molar-refractivity contribution is 6.58. The van der Waals surface area contributed by atoms with Crippen molar-refractivity contribution in [2.45, 2.75) is 71.1 Å². The van der Waals surface area contributed by atoms with Crippen LogP contribution in [0.3, 0.4) is 0 Å². The van der Waals surface area contributed by atoms with Gasteiger partial charge in [-0.05, 0) is 61.0 Å². The summed E-state index contributed by atoms with van der Waals surface area (Å²) in [5.41, 5.74) is 3.21. The van der Waals surface area contributed by atoms with Crippen LogP contribution in [0.2, 0.25) is 0 Å². The quantitative estimate of drug-likeness (QED) is 0.621. The van der Waals surface area contributed by atoms with E-state index in [1.165, 1.54) is 62.5 Å². The second-order valence-electron chi connectivity index (χ2n) is 6.70. The third-order valence-corrected chi connectivity index (χ3v) is 5.09. The monoisotopic (exact) mass is 288 g/mol. The lowest BCUT2D eigenvalue weighted by molar-refractivity contribution is 0.302. The summed E-state index contributed by atoms with van der Waals surface area (Å²) in [6, 6.07) is 5.89. The van der Waals surface area contributed by atoms with Gasteiger partial charge in [0.2, 0.25) is 0 Å². The summed E-state index contributed by atoms with van der Waals surface area (Å²) in [4.78, 5) is 0. The Balaban J connectivity index is 1.90. The molecule has 1 aromatic carbocycles. The Bertz CT molecular complexity index is 437. The zero-order valence-corrected chi connectivity index (χ0v) is 13.5. The van der Waals surface area contributed by atoms with Crippen molar-refractivity contribution in [2.24, 2.45) is 5.92 Å². The maximum Gasteiger partial charge on any atom is 0.488 e. The van der Waals surface area contributed by atoms with Crippen LogP contribution in [0, 0.1) is 12.8 Å². The first-order valence-electron chi connectivity index (χ1n) is 8.58. The van der Waals surface area contributed by atoms with Crippen LogP contribution in [-0.4, -0.2) is 17.2 Å². The standard InChI is InChI=1S/C18H29BO2/c1-3-4-5-6-15-7-9-16(10-8-15)18-12-11-17(19(20)21)13-14(18)2/h11-13,15-16,20-21H,3-10H2,1-2H3/t15-,16-. The number of unbranched alkanes of at least 4 members (excludes halogenated alkanes) is 2. The highest BCUT2D eigenvalue weighted by Crippen LogP contribution is 2.38. The summed E-state index contributed by atoms with van der Waals surface area (Å²) in [6.07, 6.45) is 10.8. The van der Waals surface area contributed by atoms with Gasteiger partial charge in [0, 0.05) is 0 Å². The Labute approximate surface area is 129 Å². The average Bonchev–Trinajstić information content (AvgIpc) is 2.48. The fourth-order valence-electron chi connectivity index (χ4n) is 3.76. The van der Waals surface area contributed by atoms with Gasteiger partial charge in [0.25, 0.3) is 0 Å². The second-order valence-corrected chi connectivity index (χ2v) is 6.70. The van der Waals surface area contributed by atoms with Crippen LogP contribution in [-0.2, 0) is 0 Å². The van der Waals surface area contributed by atoms with Gasteiger partial charge >= 0.3 is 7.12 Å². The van der Waals surface area contributed by atoms with Crippen molar-refractivity contribution < 1.29 is 10.0 Å². The van der Waals surface area contributed by atoms with E-state index in [1.807, 2.05) is 12.1 Å². The predicted octanol–water partition coefficient (Wildman–Crippen LogP) is 3.53. The van der Waals surface area contributed by atoms with E-state index in [1.54, 1.807) is 0 Å². The third-order valence-electron chi connectivity index (χ3n) is 5.09. The van der Waals surface area contributed by atoms with Crippen molar-refractivity contribution in [3.63, 3.8) is 0 Å². The number of benzene rings is 1. The molecule has 0 heterocycles. The second kappa shape index (κ2) is 8.00. The molecule has 0 bridgehead atoms. The molecule has 1 aliphatic carbocycles. The van der Waals surface area contributed by atoms with Crippen LogP contribution in [0.5, 0.6) is 0 Å². The molecule has 0 spiro atoms. The number of hydrogen-bond acceptors (Lipinski definition) is 2. The molecule has 0 aliphatic heterocycles. The molecule has 2 nitrogen and oxygen atoms in total. The molecule has 21 heavy (non-hydrogen) atoms. The van der Waals surface area contributed by atoms with Crippen molar-refractivity contribution in [1.29, 1.82) is 0 Å². The Kier molecular flexibility index (Phi) is 6.31.